The van der Waals surface area contributed by atoms with Gasteiger partial charge in [0.15, 0.2) is 0 Å². The van der Waals surface area contributed by atoms with Crippen LogP contribution in [0.4, 0.5) is 18.9 Å². The Morgan fingerprint density at radius 3 is 2.44 bits per heavy atom. The third-order valence-corrected chi connectivity index (χ3v) is 3.01. The second-order valence-corrected chi connectivity index (χ2v) is 4.87. The van der Waals surface area contributed by atoms with Crippen LogP contribution in [0.2, 0.25) is 0 Å². The highest BCUT2D eigenvalue weighted by atomic mass is 79.9. The average molecular weight is 322 g/mol. The van der Waals surface area contributed by atoms with Crippen LogP contribution in [-0.2, 0) is 4.79 Å². The summed E-state index contributed by atoms with van der Waals surface area (Å²) in [6, 6.07) is 2.92. The van der Waals surface area contributed by atoms with Crippen LogP contribution in [0.3, 0.4) is 0 Å². The van der Waals surface area contributed by atoms with Crippen molar-refractivity contribution in [2.45, 2.75) is 13.1 Å². The van der Waals surface area contributed by atoms with Gasteiger partial charge < -0.3 is 0 Å². The molecular formula is C11H7BrF3NO2. The predicted octanol–water partition coefficient (Wildman–Crippen LogP) is 2.85. The molecule has 18 heavy (non-hydrogen) atoms. The fourth-order valence-corrected chi connectivity index (χ4v) is 2.51. The van der Waals surface area contributed by atoms with Gasteiger partial charge in [-0.1, -0.05) is 15.9 Å². The second kappa shape index (κ2) is 4.08. The molecule has 0 spiro atoms. The van der Waals surface area contributed by atoms with E-state index in [0.29, 0.717) is 14.9 Å². The normalized spacial score (nSPS) is 15.3. The van der Waals surface area contributed by atoms with Crippen molar-refractivity contribution in [3.05, 3.63) is 27.7 Å². The fraction of sp³-hybridized carbons (Fsp3) is 0.273. The molecule has 1 heterocycles. The minimum absolute atomic E-state index is 0.0103. The number of alkyl halides is 3. The summed E-state index contributed by atoms with van der Waals surface area (Å²) < 4.78 is 37.7. The Balaban J connectivity index is 2.55. The standard InChI is InChI=1S/C11H7BrF3NO2/c1-5-2-6(12)3-7-8(5)16(4-11(13,14)15)10(18)9(7)17/h2-3H,4H2,1H3. The highest BCUT2D eigenvalue weighted by Crippen LogP contribution is 2.36. The lowest BCUT2D eigenvalue weighted by molar-refractivity contribution is -0.129. The zero-order valence-corrected chi connectivity index (χ0v) is 10.7. The fourth-order valence-electron chi connectivity index (χ4n) is 1.94. The highest BCUT2D eigenvalue weighted by molar-refractivity contribution is 9.10. The summed E-state index contributed by atoms with van der Waals surface area (Å²) in [5.41, 5.74) is 0.504. The lowest BCUT2D eigenvalue weighted by atomic mass is 10.1. The molecule has 1 aromatic carbocycles. The van der Waals surface area contributed by atoms with Crippen LogP contribution in [0.15, 0.2) is 16.6 Å². The number of aryl methyl sites for hydroxylation is 1. The number of halogens is 4. The van der Waals surface area contributed by atoms with E-state index in [2.05, 4.69) is 15.9 Å². The number of anilines is 1. The number of benzene rings is 1. The minimum atomic E-state index is -4.54. The number of carbonyl (C=O) groups is 2. The van der Waals surface area contributed by atoms with Crippen molar-refractivity contribution in [2.24, 2.45) is 0 Å². The van der Waals surface area contributed by atoms with Gasteiger partial charge >= 0.3 is 6.18 Å². The maximum atomic E-state index is 12.4. The van der Waals surface area contributed by atoms with Crippen LogP contribution in [0.5, 0.6) is 0 Å². The molecule has 0 aliphatic carbocycles. The molecule has 0 saturated carbocycles. The molecule has 3 nitrogen and oxygen atoms in total. The summed E-state index contributed by atoms with van der Waals surface area (Å²) in [7, 11) is 0. The molecule has 0 N–H and O–H groups in total. The quantitative estimate of drug-likeness (QED) is 0.746. The van der Waals surface area contributed by atoms with Gasteiger partial charge in [-0.3, -0.25) is 14.5 Å². The van der Waals surface area contributed by atoms with E-state index in [1.54, 1.807) is 13.0 Å². The van der Waals surface area contributed by atoms with E-state index in [1.165, 1.54) is 6.07 Å². The third-order valence-electron chi connectivity index (χ3n) is 2.56. The summed E-state index contributed by atoms with van der Waals surface area (Å²) in [5, 5.41) is 0. The Morgan fingerprint density at radius 1 is 1.28 bits per heavy atom. The first kappa shape index (κ1) is 13.1. The van der Waals surface area contributed by atoms with E-state index in [4.69, 9.17) is 0 Å². The smallest absolute Gasteiger partial charge is 0.295 e. The van der Waals surface area contributed by atoms with Crippen molar-refractivity contribution < 1.29 is 22.8 Å². The first-order valence-corrected chi connectivity index (χ1v) is 5.73. The van der Waals surface area contributed by atoms with Crippen LogP contribution < -0.4 is 4.90 Å². The van der Waals surface area contributed by atoms with E-state index < -0.39 is 24.4 Å². The molecule has 1 amide bonds. The maximum absolute atomic E-state index is 12.4. The van der Waals surface area contributed by atoms with Gasteiger partial charge in [0.2, 0.25) is 0 Å². The number of amides is 1. The Morgan fingerprint density at radius 2 is 1.89 bits per heavy atom. The Labute approximate surface area is 109 Å². The number of hydrogen-bond acceptors (Lipinski definition) is 2. The number of Topliss-reactive ketones (excluding diaryl/α,β-unsaturated/α-hetero) is 1. The molecule has 0 saturated heterocycles. The summed E-state index contributed by atoms with van der Waals surface area (Å²) >= 11 is 3.14. The van der Waals surface area contributed by atoms with Crippen LogP contribution in [-0.4, -0.2) is 24.4 Å². The Bertz CT molecular complexity index is 554. The largest absolute Gasteiger partial charge is 0.406 e. The van der Waals surface area contributed by atoms with Crippen molar-refractivity contribution in [2.75, 3.05) is 11.4 Å². The molecule has 7 heteroatoms. The number of hydrogen-bond donors (Lipinski definition) is 0. The number of ketones is 1. The lowest BCUT2D eigenvalue weighted by Crippen LogP contribution is -2.38. The third kappa shape index (κ3) is 2.14. The van der Waals surface area contributed by atoms with Gasteiger partial charge in [-0.15, -0.1) is 0 Å². The van der Waals surface area contributed by atoms with E-state index in [9.17, 15) is 22.8 Å². The number of rotatable bonds is 1. The summed E-state index contributed by atoms with van der Waals surface area (Å²) in [6.07, 6.45) is -4.54. The molecule has 0 aromatic heterocycles. The predicted molar refractivity (Wildman–Crippen MR) is 61.6 cm³/mol. The molecule has 96 valence electrons. The van der Waals surface area contributed by atoms with Crippen LogP contribution in [0, 0.1) is 6.92 Å². The van der Waals surface area contributed by atoms with E-state index >= 15 is 0 Å². The molecule has 2 rings (SSSR count). The van der Waals surface area contributed by atoms with Crippen molar-refractivity contribution in [1.82, 2.24) is 0 Å². The summed E-state index contributed by atoms with van der Waals surface area (Å²) in [5.74, 6) is -2.04. The van der Waals surface area contributed by atoms with Gasteiger partial charge in [-0.25, -0.2) is 0 Å². The molecule has 1 aliphatic rings. The lowest BCUT2D eigenvalue weighted by Gasteiger charge is -2.20. The highest BCUT2D eigenvalue weighted by Gasteiger charge is 2.43. The molecule has 0 unspecified atom stereocenters. The molecule has 1 aliphatic heterocycles. The van der Waals surface area contributed by atoms with Crippen LogP contribution >= 0.6 is 15.9 Å². The topological polar surface area (TPSA) is 37.4 Å². The Hall–Kier alpha value is -1.37. The van der Waals surface area contributed by atoms with E-state index in [0.717, 1.165) is 0 Å². The summed E-state index contributed by atoms with van der Waals surface area (Å²) in [4.78, 5) is 23.7. The van der Waals surface area contributed by atoms with Crippen molar-refractivity contribution in [1.29, 1.82) is 0 Å². The van der Waals surface area contributed by atoms with Crippen molar-refractivity contribution in [3.63, 3.8) is 0 Å². The van der Waals surface area contributed by atoms with Gasteiger partial charge in [0, 0.05) is 4.47 Å². The SMILES string of the molecule is Cc1cc(Br)cc2c1N(CC(F)(F)F)C(=O)C2=O. The molecule has 0 bridgehead atoms. The second-order valence-electron chi connectivity index (χ2n) is 3.95. The minimum Gasteiger partial charge on any atom is -0.295 e. The van der Waals surface area contributed by atoms with E-state index in [1.807, 2.05) is 0 Å². The number of carbonyl (C=O) groups excluding carboxylic acids is 2. The first-order valence-electron chi connectivity index (χ1n) is 4.94. The molecule has 0 atom stereocenters. The zero-order chi connectivity index (χ0) is 13.7. The van der Waals surface area contributed by atoms with Gasteiger partial charge in [-0.05, 0) is 24.6 Å². The molecule has 1 aromatic rings. The summed E-state index contributed by atoms with van der Waals surface area (Å²) in [6.45, 7) is 0.103. The van der Waals surface area contributed by atoms with Gasteiger partial charge in [-0.2, -0.15) is 13.2 Å². The molecular weight excluding hydrogens is 315 g/mol. The van der Waals surface area contributed by atoms with Gasteiger partial charge in [0.1, 0.15) is 6.54 Å². The Kier molecular flexibility index (Phi) is 2.96. The van der Waals surface area contributed by atoms with Crippen molar-refractivity contribution in [3.8, 4) is 0 Å². The number of fused-ring (bicyclic) bond motifs is 1. The average Bonchev–Trinajstić information content (AvgIpc) is 2.42. The monoisotopic (exact) mass is 321 g/mol. The maximum Gasteiger partial charge on any atom is 0.406 e. The number of nitrogens with zero attached hydrogens (tertiary/aromatic N) is 1. The van der Waals surface area contributed by atoms with Crippen LogP contribution in [0.1, 0.15) is 15.9 Å². The first-order chi connectivity index (χ1) is 8.20. The van der Waals surface area contributed by atoms with Gasteiger partial charge in [0.25, 0.3) is 11.7 Å². The van der Waals surface area contributed by atoms with Crippen molar-refractivity contribution >= 4 is 33.3 Å². The zero-order valence-electron chi connectivity index (χ0n) is 9.14. The molecule has 0 fully saturated rings. The molecule has 0 radical (unpaired) electrons. The van der Waals surface area contributed by atoms with Crippen LogP contribution in [0.25, 0.3) is 0 Å². The van der Waals surface area contributed by atoms with Gasteiger partial charge in [0.05, 0.1) is 11.3 Å². The van der Waals surface area contributed by atoms with E-state index in [-0.39, 0.29) is 11.3 Å².